The smallest absolute Gasteiger partial charge is 0.194 e. The Morgan fingerprint density at radius 2 is 1.93 bits per heavy atom. The summed E-state index contributed by atoms with van der Waals surface area (Å²) in [7, 11) is 0. The summed E-state index contributed by atoms with van der Waals surface area (Å²) in [6, 6.07) is 13.0. The summed E-state index contributed by atoms with van der Waals surface area (Å²) in [5.74, 6) is 2.10. The topological polar surface area (TPSA) is 43.8 Å². The standard InChI is InChI=1S/C22H29N5/c1-2-23-22(27-14-10-19-7-3-4-8-20(19)17-27)25-16-18-9-11-24-21(15-18)26-12-5-6-13-26/h3-4,7-9,11,15H,2,5-6,10,12-14,16-17H2,1H3,(H,23,25). The minimum Gasteiger partial charge on any atom is -0.357 e. The summed E-state index contributed by atoms with van der Waals surface area (Å²) in [6.07, 6.45) is 5.54. The quantitative estimate of drug-likeness (QED) is 0.669. The zero-order valence-electron chi connectivity index (χ0n) is 16.2. The molecule has 1 aromatic heterocycles. The van der Waals surface area contributed by atoms with Gasteiger partial charge in [-0.25, -0.2) is 9.98 Å². The highest BCUT2D eigenvalue weighted by atomic mass is 15.3. The highest BCUT2D eigenvalue weighted by Gasteiger charge is 2.19. The number of guanidine groups is 1. The van der Waals surface area contributed by atoms with Crippen LogP contribution in [0.15, 0.2) is 47.6 Å². The predicted octanol–water partition coefficient (Wildman–Crippen LogP) is 3.21. The van der Waals surface area contributed by atoms with Crippen molar-refractivity contribution in [3.05, 3.63) is 59.3 Å². The van der Waals surface area contributed by atoms with Gasteiger partial charge in [0.15, 0.2) is 5.96 Å². The van der Waals surface area contributed by atoms with Crippen LogP contribution in [0.2, 0.25) is 0 Å². The second kappa shape index (κ2) is 8.42. The molecule has 0 amide bonds. The number of hydrogen-bond acceptors (Lipinski definition) is 3. The minimum absolute atomic E-state index is 0.684. The zero-order chi connectivity index (χ0) is 18.5. The number of fused-ring (bicyclic) bond motifs is 1. The maximum Gasteiger partial charge on any atom is 0.194 e. The van der Waals surface area contributed by atoms with E-state index in [1.165, 1.54) is 29.5 Å². The molecule has 0 saturated carbocycles. The van der Waals surface area contributed by atoms with Gasteiger partial charge in [-0.15, -0.1) is 0 Å². The van der Waals surface area contributed by atoms with E-state index >= 15 is 0 Å². The van der Waals surface area contributed by atoms with E-state index in [2.05, 4.69) is 63.4 Å². The fraction of sp³-hybridized carbons (Fsp3) is 0.455. The molecule has 4 rings (SSSR count). The van der Waals surface area contributed by atoms with Crippen LogP contribution in [0, 0.1) is 0 Å². The Labute approximate surface area is 162 Å². The van der Waals surface area contributed by atoms with Crippen LogP contribution in [0.25, 0.3) is 0 Å². The molecule has 1 N–H and O–H groups in total. The van der Waals surface area contributed by atoms with Gasteiger partial charge < -0.3 is 15.1 Å². The minimum atomic E-state index is 0.684. The molecule has 1 aromatic carbocycles. The molecular formula is C22H29N5. The van der Waals surface area contributed by atoms with Crippen molar-refractivity contribution < 1.29 is 0 Å². The Kier molecular flexibility index (Phi) is 5.56. The Morgan fingerprint density at radius 1 is 1.11 bits per heavy atom. The van der Waals surface area contributed by atoms with Crippen molar-refractivity contribution >= 4 is 11.8 Å². The maximum absolute atomic E-state index is 4.93. The van der Waals surface area contributed by atoms with Crippen molar-refractivity contribution in [1.29, 1.82) is 0 Å². The number of nitrogens with zero attached hydrogens (tertiary/aromatic N) is 4. The number of aromatic nitrogens is 1. The predicted molar refractivity (Wildman–Crippen MR) is 111 cm³/mol. The van der Waals surface area contributed by atoms with Gasteiger partial charge in [0.2, 0.25) is 0 Å². The monoisotopic (exact) mass is 363 g/mol. The van der Waals surface area contributed by atoms with Gasteiger partial charge in [0, 0.05) is 38.9 Å². The molecule has 3 heterocycles. The van der Waals surface area contributed by atoms with Gasteiger partial charge in [-0.2, -0.15) is 0 Å². The maximum atomic E-state index is 4.93. The molecule has 0 unspecified atom stereocenters. The van der Waals surface area contributed by atoms with Crippen LogP contribution in [0.3, 0.4) is 0 Å². The molecule has 142 valence electrons. The van der Waals surface area contributed by atoms with E-state index in [9.17, 15) is 0 Å². The zero-order valence-corrected chi connectivity index (χ0v) is 16.2. The lowest BCUT2D eigenvalue weighted by molar-refractivity contribution is 0.378. The average molecular weight is 364 g/mol. The van der Waals surface area contributed by atoms with Crippen molar-refractivity contribution in [2.45, 2.75) is 39.3 Å². The highest BCUT2D eigenvalue weighted by molar-refractivity contribution is 5.80. The largest absolute Gasteiger partial charge is 0.357 e. The SMILES string of the molecule is CCNC(=NCc1ccnc(N2CCCC2)c1)N1CCc2ccccc2C1. The van der Waals surface area contributed by atoms with Gasteiger partial charge in [0.05, 0.1) is 6.54 Å². The lowest BCUT2D eigenvalue weighted by atomic mass is 10.0. The summed E-state index contributed by atoms with van der Waals surface area (Å²) in [4.78, 5) is 14.2. The lowest BCUT2D eigenvalue weighted by Crippen LogP contribution is -2.44. The van der Waals surface area contributed by atoms with E-state index < -0.39 is 0 Å². The van der Waals surface area contributed by atoms with Crippen LogP contribution in [0.4, 0.5) is 5.82 Å². The summed E-state index contributed by atoms with van der Waals surface area (Å²) >= 11 is 0. The van der Waals surface area contributed by atoms with Crippen molar-refractivity contribution in [3.8, 4) is 0 Å². The second-order valence-corrected chi connectivity index (χ2v) is 7.33. The van der Waals surface area contributed by atoms with Gasteiger partial charge >= 0.3 is 0 Å². The van der Waals surface area contributed by atoms with Crippen LogP contribution in [-0.2, 0) is 19.5 Å². The van der Waals surface area contributed by atoms with Gasteiger partial charge in [-0.3, -0.25) is 0 Å². The van der Waals surface area contributed by atoms with Gasteiger partial charge in [0.25, 0.3) is 0 Å². The Balaban J connectivity index is 1.48. The van der Waals surface area contributed by atoms with Crippen molar-refractivity contribution in [2.24, 2.45) is 4.99 Å². The molecule has 0 aliphatic carbocycles. The van der Waals surface area contributed by atoms with Crippen LogP contribution in [-0.4, -0.2) is 42.0 Å². The number of anilines is 1. The second-order valence-electron chi connectivity index (χ2n) is 7.33. The molecule has 27 heavy (non-hydrogen) atoms. The molecule has 0 atom stereocenters. The van der Waals surface area contributed by atoms with Crippen LogP contribution >= 0.6 is 0 Å². The molecule has 2 aliphatic rings. The van der Waals surface area contributed by atoms with E-state index in [1.54, 1.807) is 0 Å². The van der Waals surface area contributed by atoms with Crippen molar-refractivity contribution in [2.75, 3.05) is 31.1 Å². The summed E-state index contributed by atoms with van der Waals surface area (Å²) in [6.45, 7) is 7.88. The van der Waals surface area contributed by atoms with E-state index in [0.29, 0.717) is 6.54 Å². The van der Waals surface area contributed by atoms with Crippen LogP contribution < -0.4 is 10.2 Å². The fourth-order valence-corrected chi connectivity index (χ4v) is 3.95. The van der Waals surface area contributed by atoms with E-state index in [4.69, 9.17) is 4.99 Å². The molecule has 5 heteroatoms. The van der Waals surface area contributed by atoms with Gasteiger partial charge in [-0.05, 0) is 55.0 Å². The van der Waals surface area contributed by atoms with E-state index in [0.717, 1.165) is 50.9 Å². The third-order valence-corrected chi connectivity index (χ3v) is 5.42. The number of benzene rings is 1. The third kappa shape index (κ3) is 4.24. The summed E-state index contributed by atoms with van der Waals surface area (Å²) in [5.41, 5.74) is 4.10. The molecule has 1 saturated heterocycles. The number of nitrogens with one attached hydrogen (secondary N) is 1. The Bertz CT molecular complexity index is 795. The number of hydrogen-bond donors (Lipinski definition) is 1. The van der Waals surface area contributed by atoms with E-state index in [-0.39, 0.29) is 0 Å². The number of pyridine rings is 1. The molecule has 2 aliphatic heterocycles. The first-order valence-corrected chi connectivity index (χ1v) is 10.1. The molecule has 0 radical (unpaired) electrons. The first-order chi connectivity index (χ1) is 13.3. The highest BCUT2D eigenvalue weighted by Crippen LogP contribution is 2.20. The van der Waals surface area contributed by atoms with Gasteiger partial charge in [0.1, 0.15) is 5.82 Å². The Hall–Kier alpha value is -2.56. The lowest BCUT2D eigenvalue weighted by Gasteiger charge is -2.31. The molecule has 1 fully saturated rings. The van der Waals surface area contributed by atoms with Gasteiger partial charge in [-0.1, -0.05) is 24.3 Å². The van der Waals surface area contributed by atoms with Crippen LogP contribution in [0.5, 0.6) is 0 Å². The number of rotatable bonds is 4. The third-order valence-electron chi connectivity index (χ3n) is 5.42. The number of aliphatic imine (C=N–C) groups is 1. The molecule has 5 nitrogen and oxygen atoms in total. The van der Waals surface area contributed by atoms with Crippen molar-refractivity contribution in [3.63, 3.8) is 0 Å². The molecular weight excluding hydrogens is 334 g/mol. The molecule has 0 bridgehead atoms. The molecule has 2 aromatic rings. The summed E-state index contributed by atoms with van der Waals surface area (Å²) in [5, 5.41) is 3.47. The fourth-order valence-electron chi connectivity index (χ4n) is 3.95. The van der Waals surface area contributed by atoms with Crippen LogP contribution in [0.1, 0.15) is 36.5 Å². The summed E-state index contributed by atoms with van der Waals surface area (Å²) < 4.78 is 0. The van der Waals surface area contributed by atoms with Crippen molar-refractivity contribution in [1.82, 2.24) is 15.2 Å². The van der Waals surface area contributed by atoms with E-state index in [1.807, 2.05) is 6.20 Å². The normalized spacial score (nSPS) is 17.1. The molecule has 0 spiro atoms. The Morgan fingerprint density at radius 3 is 2.74 bits per heavy atom. The first kappa shape index (κ1) is 17.8. The first-order valence-electron chi connectivity index (χ1n) is 10.1. The average Bonchev–Trinajstić information content (AvgIpc) is 3.26.